The van der Waals surface area contributed by atoms with Gasteiger partial charge in [0.25, 0.3) is 0 Å². The molecule has 1 aromatic heterocycles. The molecule has 2 aliphatic rings. The molecule has 21 heavy (non-hydrogen) atoms. The van der Waals surface area contributed by atoms with Gasteiger partial charge in [0.2, 0.25) is 5.91 Å². The molecule has 1 aromatic carbocycles. The van der Waals surface area contributed by atoms with Crippen LogP contribution >= 0.6 is 0 Å². The average Bonchev–Trinajstić information content (AvgIpc) is 3.40. The number of aromatic nitrogens is 4. The summed E-state index contributed by atoms with van der Waals surface area (Å²) in [4.78, 5) is 11.9. The second kappa shape index (κ2) is 4.65. The maximum atomic E-state index is 11.9. The summed E-state index contributed by atoms with van der Waals surface area (Å²) in [6.45, 7) is 2.10. The van der Waals surface area contributed by atoms with E-state index in [0.717, 1.165) is 36.3 Å². The second-order valence-corrected chi connectivity index (χ2v) is 6.06. The van der Waals surface area contributed by atoms with Gasteiger partial charge in [-0.25, -0.2) is 4.68 Å². The van der Waals surface area contributed by atoms with Crippen LogP contribution in [0.3, 0.4) is 0 Å². The minimum Gasteiger partial charge on any atom is -0.326 e. The molecule has 0 saturated heterocycles. The molecule has 2 atom stereocenters. The SMILES string of the molecule is CC1CC1C(=O)Nc1ccc(-c2nnnn2C2CC2)cc1. The van der Waals surface area contributed by atoms with Gasteiger partial charge in [-0.1, -0.05) is 6.92 Å². The third-order valence-electron chi connectivity index (χ3n) is 4.24. The second-order valence-electron chi connectivity index (χ2n) is 6.06. The lowest BCUT2D eigenvalue weighted by atomic mass is 10.2. The quantitative estimate of drug-likeness (QED) is 0.934. The molecule has 4 rings (SSSR count). The first-order chi connectivity index (χ1) is 10.2. The number of hydrogen-bond acceptors (Lipinski definition) is 4. The first kappa shape index (κ1) is 12.5. The Labute approximate surface area is 122 Å². The van der Waals surface area contributed by atoms with E-state index in [-0.39, 0.29) is 11.8 Å². The largest absolute Gasteiger partial charge is 0.326 e. The normalized spacial score (nSPS) is 23.9. The van der Waals surface area contributed by atoms with Gasteiger partial charge in [-0.3, -0.25) is 4.79 Å². The van der Waals surface area contributed by atoms with Crippen molar-refractivity contribution in [2.75, 3.05) is 5.32 Å². The summed E-state index contributed by atoms with van der Waals surface area (Å²) in [6.07, 6.45) is 3.29. The summed E-state index contributed by atoms with van der Waals surface area (Å²) in [5.74, 6) is 1.63. The van der Waals surface area contributed by atoms with Crippen LogP contribution in [0.5, 0.6) is 0 Å². The molecule has 108 valence electrons. The number of amides is 1. The lowest BCUT2D eigenvalue weighted by molar-refractivity contribution is -0.117. The molecule has 6 heteroatoms. The number of anilines is 1. The number of nitrogens with one attached hydrogen (secondary N) is 1. The first-order valence-corrected chi connectivity index (χ1v) is 7.41. The first-order valence-electron chi connectivity index (χ1n) is 7.41. The predicted molar refractivity (Wildman–Crippen MR) is 77.4 cm³/mol. The fraction of sp³-hybridized carbons (Fsp3) is 0.467. The molecule has 2 fully saturated rings. The van der Waals surface area contributed by atoms with Crippen LogP contribution < -0.4 is 5.32 Å². The van der Waals surface area contributed by atoms with E-state index in [1.807, 2.05) is 28.9 Å². The van der Waals surface area contributed by atoms with Crippen molar-refractivity contribution in [2.45, 2.75) is 32.2 Å². The molecule has 1 heterocycles. The van der Waals surface area contributed by atoms with E-state index in [1.54, 1.807) is 0 Å². The van der Waals surface area contributed by atoms with Gasteiger partial charge in [-0.05, 0) is 59.9 Å². The van der Waals surface area contributed by atoms with E-state index in [2.05, 4.69) is 27.8 Å². The Morgan fingerprint density at radius 1 is 1.29 bits per heavy atom. The maximum Gasteiger partial charge on any atom is 0.227 e. The minimum absolute atomic E-state index is 0.123. The Morgan fingerprint density at radius 2 is 2.00 bits per heavy atom. The Kier molecular flexibility index (Phi) is 2.77. The topological polar surface area (TPSA) is 72.7 Å². The third-order valence-corrected chi connectivity index (χ3v) is 4.24. The molecule has 0 bridgehead atoms. The van der Waals surface area contributed by atoms with Crippen LogP contribution in [0.25, 0.3) is 11.4 Å². The van der Waals surface area contributed by atoms with Crippen molar-refractivity contribution < 1.29 is 4.79 Å². The van der Waals surface area contributed by atoms with E-state index in [1.165, 1.54) is 0 Å². The summed E-state index contributed by atoms with van der Waals surface area (Å²) in [5.41, 5.74) is 1.80. The van der Waals surface area contributed by atoms with Crippen molar-refractivity contribution in [2.24, 2.45) is 11.8 Å². The molecule has 0 spiro atoms. The number of benzene rings is 1. The molecule has 2 unspecified atom stereocenters. The Bertz CT molecular complexity index is 674. The standard InChI is InChI=1S/C15H17N5O/c1-9-8-13(9)15(21)16-11-4-2-10(3-5-11)14-17-18-19-20(14)12-6-7-12/h2-5,9,12-13H,6-8H2,1H3,(H,16,21). The highest BCUT2D eigenvalue weighted by Gasteiger charge is 2.39. The summed E-state index contributed by atoms with van der Waals surface area (Å²) in [7, 11) is 0. The van der Waals surface area contributed by atoms with Crippen LogP contribution in [0.2, 0.25) is 0 Å². The number of nitrogens with zero attached hydrogens (tertiary/aromatic N) is 4. The van der Waals surface area contributed by atoms with E-state index in [9.17, 15) is 4.79 Å². The van der Waals surface area contributed by atoms with Crippen LogP contribution in [-0.2, 0) is 4.79 Å². The van der Waals surface area contributed by atoms with Crippen LogP contribution in [0.1, 0.15) is 32.2 Å². The highest BCUT2D eigenvalue weighted by Crippen LogP contribution is 2.39. The van der Waals surface area contributed by atoms with E-state index < -0.39 is 0 Å². The zero-order valence-electron chi connectivity index (χ0n) is 11.9. The lowest BCUT2D eigenvalue weighted by Crippen LogP contribution is -2.14. The molecule has 0 radical (unpaired) electrons. The van der Waals surface area contributed by atoms with E-state index in [0.29, 0.717) is 12.0 Å². The van der Waals surface area contributed by atoms with Crippen LogP contribution in [0.15, 0.2) is 24.3 Å². The van der Waals surface area contributed by atoms with Gasteiger partial charge < -0.3 is 5.32 Å². The number of hydrogen-bond donors (Lipinski definition) is 1. The summed E-state index contributed by atoms with van der Waals surface area (Å²) >= 11 is 0. The maximum absolute atomic E-state index is 11.9. The fourth-order valence-corrected chi connectivity index (χ4v) is 2.57. The Balaban J connectivity index is 1.50. The summed E-state index contributed by atoms with van der Waals surface area (Å²) < 4.78 is 1.89. The number of carbonyl (C=O) groups is 1. The predicted octanol–water partition coefficient (Wildman–Crippen LogP) is 2.27. The van der Waals surface area contributed by atoms with Crippen molar-refractivity contribution in [3.8, 4) is 11.4 Å². The van der Waals surface area contributed by atoms with Crippen molar-refractivity contribution in [1.82, 2.24) is 20.2 Å². The molecule has 2 saturated carbocycles. The van der Waals surface area contributed by atoms with Gasteiger partial charge in [-0.2, -0.15) is 0 Å². The number of carbonyl (C=O) groups excluding carboxylic acids is 1. The summed E-state index contributed by atoms with van der Waals surface area (Å²) in [6, 6.07) is 8.18. The summed E-state index contributed by atoms with van der Waals surface area (Å²) in [5, 5.41) is 14.9. The van der Waals surface area contributed by atoms with Gasteiger partial charge >= 0.3 is 0 Å². The molecular weight excluding hydrogens is 266 g/mol. The molecule has 2 aromatic rings. The zero-order valence-corrected chi connectivity index (χ0v) is 11.9. The van der Waals surface area contributed by atoms with Gasteiger partial charge in [0.15, 0.2) is 5.82 Å². The van der Waals surface area contributed by atoms with Gasteiger partial charge in [-0.15, -0.1) is 5.10 Å². The van der Waals surface area contributed by atoms with Gasteiger partial charge in [0, 0.05) is 17.2 Å². The van der Waals surface area contributed by atoms with Crippen molar-refractivity contribution in [3.05, 3.63) is 24.3 Å². The van der Waals surface area contributed by atoms with E-state index >= 15 is 0 Å². The van der Waals surface area contributed by atoms with Crippen LogP contribution in [0, 0.1) is 11.8 Å². The molecule has 6 nitrogen and oxygen atoms in total. The number of rotatable bonds is 4. The van der Waals surface area contributed by atoms with Crippen molar-refractivity contribution >= 4 is 11.6 Å². The third kappa shape index (κ3) is 2.41. The highest BCUT2D eigenvalue weighted by molar-refractivity contribution is 5.94. The van der Waals surface area contributed by atoms with Gasteiger partial charge in [0.05, 0.1) is 6.04 Å². The van der Waals surface area contributed by atoms with Crippen LogP contribution in [0.4, 0.5) is 5.69 Å². The van der Waals surface area contributed by atoms with Crippen molar-refractivity contribution in [3.63, 3.8) is 0 Å². The van der Waals surface area contributed by atoms with Crippen LogP contribution in [-0.4, -0.2) is 26.1 Å². The molecular formula is C15H17N5O. The minimum atomic E-state index is 0.123. The smallest absolute Gasteiger partial charge is 0.227 e. The molecule has 0 aliphatic heterocycles. The average molecular weight is 283 g/mol. The lowest BCUT2D eigenvalue weighted by Gasteiger charge is -2.06. The molecule has 1 amide bonds. The van der Waals surface area contributed by atoms with Gasteiger partial charge in [0.1, 0.15) is 0 Å². The monoisotopic (exact) mass is 283 g/mol. The van der Waals surface area contributed by atoms with Crippen molar-refractivity contribution in [1.29, 1.82) is 0 Å². The zero-order chi connectivity index (χ0) is 14.4. The number of tetrazole rings is 1. The highest BCUT2D eigenvalue weighted by atomic mass is 16.2. The Morgan fingerprint density at radius 3 is 2.62 bits per heavy atom. The molecule has 2 aliphatic carbocycles. The van der Waals surface area contributed by atoms with E-state index in [4.69, 9.17) is 0 Å². The fourth-order valence-electron chi connectivity index (χ4n) is 2.57. The Hall–Kier alpha value is -2.24. The molecule has 1 N–H and O–H groups in total.